The van der Waals surface area contributed by atoms with Crippen molar-refractivity contribution in [1.82, 2.24) is 0 Å². The van der Waals surface area contributed by atoms with Crippen molar-refractivity contribution < 1.29 is 0 Å². The first kappa shape index (κ1) is 39.6. The van der Waals surface area contributed by atoms with Gasteiger partial charge in [0.1, 0.15) is 0 Å². The Hall–Kier alpha value is -6.50. The molecule has 0 atom stereocenters. The number of aryl methyl sites for hydroxylation is 8. The van der Waals surface area contributed by atoms with E-state index in [1.54, 1.807) is 0 Å². The van der Waals surface area contributed by atoms with E-state index < -0.39 is 0 Å². The van der Waals surface area contributed by atoms with E-state index in [1.165, 1.54) is 165 Å². The number of hydrogen-bond donors (Lipinski definition) is 0. The van der Waals surface area contributed by atoms with Crippen LogP contribution in [0.5, 0.6) is 0 Å². The molecule has 10 aromatic rings. The predicted octanol–water partition coefficient (Wildman–Crippen LogP) is 17.8. The second kappa shape index (κ2) is 14.6. The van der Waals surface area contributed by atoms with E-state index in [1.807, 2.05) is 0 Å². The van der Waals surface area contributed by atoms with Gasteiger partial charge in [0.05, 0.1) is 0 Å². The monoisotopic (exact) mass is 800 g/mol. The molecule has 0 saturated carbocycles. The molecule has 0 aliphatic heterocycles. The summed E-state index contributed by atoms with van der Waals surface area (Å²) in [6.07, 6.45) is 0. The molecule has 0 N–H and O–H groups in total. The molecule has 0 saturated heterocycles. The number of hydrogen-bond acceptors (Lipinski definition) is 0. The van der Waals surface area contributed by atoms with E-state index in [4.69, 9.17) is 0 Å². The Morgan fingerprint density at radius 2 is 0.355 bits per heavy atom. The molecule has 0 aliphatic rings. The van der Waals surface area contributed by atoms with E-state index in [-0.39, 0.29) is 0 Å². The first-order chi connectivity index (χ1) is 29.7. The molecule has 0 heterocycles. The van der Waals surface area contributed by atoms with Crippen LogP contribution >= 0.6 is 0 Å². The van der Waals surface area contributed by atoms with E-state index in [2.05, 4.69) is 204 Å². The highest BCUT2D eigenvalue weighted by molar-refractivity contribution is 6.40. The molecule has 10 rings (SSSR count). The van der Waals surface area contributed by atoms with Gasteiger partial charge in [-0.05, 0) is 272 Å². The summed E-state index contributed by atoms with van der Waals surface area (Å²) in [5.74, 6) is 0. The van der Waals surface area contributed by atoms with Crippen LogP contribution in [0, 0.1) is 83.1 Å². The van der Waals surface area contributed by atoms with E-state index in [9.17, 15) is 0 Å². The Balaban J connectivity index is 1.42. The first-order valence-electron chi connectivity index (χ1n) is 22.3. The van der Waals surface area contributed by atoms with E-state index in [0.717, 1.165) is 0 Å². The number of rotatable bonds is 4. The lowest BCUT2D eigenvalue weighted by molar-refractivity contribution is 1.27. The van der Waals surface area contributed by atoms with Gasteiger partial charge in [-0.1, -0.05) is 97.1 Å². The average Bonchev–Trinajstić information content (AvgIpc) is 3.26. The fourth-order valence-electron chi connectivity index (χ4n) is 10.3. The van der Waals surface area contributed by atoms with Gasteiger partial charge >= 0.3 is 0 Å². The summed E-state index contributed by atoms with van der Waals surface area (Å²) in [4.78, 5) is 0. The highest BCUT2D eigenvalue weighted by Gasteiger charge is 2.20. The molecular formula is C62H56. The molecule has 0 aromatic heterocycles. The minimum atomic E-state index is 1.25. The van der Waals surface area contributed by atoms with Gasteiger partial charge in [-0.25, -0.2) is 0 Å². The topological polar surface area (TPSA) is 0 Å². The SMILES string of the molecule is Cc1cc(-c2ccc3c4ccc(-c5cc(C)c(C)c(C)c5)cc4c4c5cc(-c6cc(C)c(C)c(C)c6)ccc5c5ccc(-c6cc(C)c(C)c(C)c6)cc5c4c3c2)cc(C)c1C. The lowest BCUT2D eigenvalue weighted by Gasteiger charge is -2.20. The maximum absolute atomic E-state index is 2.50. The predicted molar refractivity (Wildman–Crippen MR) is 273 cm³/mol. The summed E-state index contributed by atoms with van der Waals surface area (Å²) in [5, 5.41) is 13.0. The van der Waals surface area contributed by atoms with Crippen LogP contribution in [0.1, 0.15) is 66.8 Å². The largest absolute Gasteiger partial charge is 0.0537 e. The van der Waals surface area contributed by atoms with Gasteiger partial charge in [-0.15, -0.1) is 0 Å². The van der Waals surface area contributed by atoms with Gasteiger partial charge in [0.2, 0.25) is 0 Å². The number of benzene rings is 10. The van der Waals surface area contributed by atoms with Crippen LogP contribution in [0.3, 0.4) is 0 Å². The molecule has 10 aromatic carbocycles. The summed E-state index contributed by atoms with van der Waals surface area (Å²) >= 11 is 0. The smallest absolute Gasteiger partial charge is 0.00134 e. The van der Waals surface area contributed by atoms with Crippen molar-refractivity contribution in [3.8, 4) is 44.5 Å². The van der Waals surface area contributed by atoms with Crippen LogP contribution in [0.15, 0.2) is 121 Å². The highest BCUT2D eigenvalue weighted by Crippen LogP contribution is 2.48. The fourth-order valence-corrected chi connectivity index (χ4v) is 10.3. The van der Waals surface area contributed by atoms with Crippen LogP contribution < -0.4 is 0 Å². The third-order valence-corrected chi connectivity index (χ3v) is 15.0. The first-order valence-corrected chi connectivity index (χ1v) is 22.3. The van der Waals surface area contributed by atoms with Gasteiger partial charge in [0.15, 0.2) is 0 Å². The molecule has 0 unspecified atom stereocenters. The van der Waals surface area contributed by atoms with Crippen LogP contribution in [-0.4, -0.2) is 0 Å². The van der Waals surface area contributed by atoms with Gasteiger partial charge in [0, 0.05) is 0 Å². The summed E-state index contributed by atoms with van der Waals surface area (Å²) in [7, 11) is 0. The second-order valence-corrected chi connectivity index (χ2v) is 18.7. The van der Waals surface area contributed by atoms with Gasteiger partial charge in [-0.3, -0.25) is 0 Å². The average molecular weight is 801 g/mol. The maximum atomic E-state index is 2.50. The Kier molecular flexibility index (Phi) is 9.31. The van der Waals surface area contributed by atoms with Crippen molar-refractivity contribution in [2.24, 2.45) is 0 Å². The maximum Gasteiger partial charge on any atom is -0.00134 e. The molecule has 62 heavy (non-hydrogen) atoms. The minimum absolute atomic E-state index is 1.25. The fraction of sp³-hybridized carbons (Fsp3) is 0.194. The summed E-state index contributed by atoms with van der Waals surface area (Å²) in [6.45, 7) is 26.9. The normalized spacial score (nSPS) is 11.9. The summed E-state index contributed by atoms with van der Waals surface area (Å²) < 4.78 is 0. The Morgan fingerprint density at radius 1 is 0.177 bits per heavy atom. The standard InChI is InChI=1S/C62H56/c1-33-21-49(22-34(2)41(33)9)45-13-17-53-54-18-14-47(51-25-37(5)43(11)38(6)26-51)31-59(54)62-60-32-48(52-27-39(7)44(12)40(8)28-52)16-20-56(60)55-19-15-46(30-58(55)61(62)57(53)29-45)50-23-35(3)42(10)36(4)24-50/h13-32H,1-12H3. The lowest BCUT2D eigenvalue weighted by atomic mass is 9.83. The Morgan fingerprint density at radius 3 is 0.532 bits per heavy atom. The molecule has 0 heteroatoms. The molecule has 0 nitrogen and oxygen atoms in total. The van der Waals surface area contributed by atoms with Crippen molar-refractivity contribution in [1.29, 1.82) is 0 Å². The van der Waals surface area contributed by atoms with Crippen molar-refractivity contribution in [3.05, 3.63) is 188 Å². The van der Waals surface area contributed by atoms with Crippen LogP contribution in [0.2, 0.25) is 0 Å². The van der Waals surface area contributed by atoms with E-state index in [0.29, 0.717) is 0 Å². The molecule has 0 radical (unpaired) electrons. The molecular weight excluding hydrogens is 745 g/mol. The zero-order valence-electron chi connectivity index (χ0n) is 38.5. The lowest BCUT2D eigenvalue weighted by Crippen LogP contribution is -1.93. The molecule has 0 aliphatic carbocycles. The molecule has 304 valence electrons. The third-order valence-electron chi connectivity index (χ3n) is 15.0. The van der Waals surface area contributed by atoms with Crippen molar-refractivity contribution >= 4 is 53.9 Å². The molecule has 0 bridgehead atoms. The van der Waals surface area contributed by atoms with Crippen LogP contribution in [0.25, 0.3) is 98.4 Å². The van der Waals surface area contributed by atoms with Crippen molar-refractivity contribution in [2.75, 3.05) is 0 Å². The second-order valence-electron chi connectivity index (χ2n) is 18.7. The molecule has 0 fully saturated rings. The molecule has 0 spiro atoms. The Labute approximate surface area is 367 Å². The summed E-state index contributed by atoms with van der Waals surface area (Å²) in [5.41, 5.74) is 26.2. The zero-order chi connectivity index (χ0) is 43.5. The quantitative estimate of drug-likeness (QED) is 0.156. The zero-order valence-corrected chi connectivity index (χ0v) is 38.5. The summed E-state index contributed by atoms with van der Waals surface area (Å²) in [6, 6.07) is 48.0. The van der Waals surface area contributed by atoms with Gasteiger partial charge in [0.25, 0.3) is 0 Å². The van der Waals surface area contributed by atoms with Crippen LogP contribution in [0.4, 0.5) is 0 Å². The Bertz CT molecular complexity index is 3010. The van der Waals surface area contributed by atoms with Crippen molar-refractivity contribution in [2.45, 2.75) is 83.1 Å². The van der Waals surface area contributed by atoms with Crippen LogP contribution in [-0.2, 0) is 0 Å². The van der Waals surface area contributed by atoms with Gasteiger partial charge in [-0.2, -0.15) is 0 Å². The van der Waals surface area contributed by atoms with E-state index >= 15 is 0 Å². The molecule has 0 amide bonds. The van der Waals surface area contributed by atoms with Gasteiger partial charge < -0.3 is 0 Å². The number of fused-ring (bicyclic) bond motifs is 11. The minimum Gasteiger partial charge on any atom is -0.0537 e. The van der Waals surface area contributed by atoms with Crippen molar-refractivity contribution in [3.63, 3.8) is 0 Å². The third kappa shape index (κ3) is 6.26. The highest BCUT2D eigenvalue weighted by atomic mass is 14.2.